The van der Waals surface area contributed by atoms with Crippen molar-refractivity contribution in [3.8, 4) is 0 Å². The standard InChI is InChI=1S/C6H8O.CH3NO2/c1-3-4-5-6(2)7;1-2(3)4/h3-5,7H,1-2H2;1H3/b5-4-;. The van der Waals surface area contributed by atoms with Crippen LogP contribution in [0.3, 0.4) is 0 Å². The first-order chi connectivity index (χ1) is 5.00. The Labute approximate surface area is 65.3 Å². The van der Waals surface area contributed by atoms with Gasteiger partial charge in [-0.2, -0.15) is 0 Å². The summed E-state index contributed by atoms with van der Waals surface area (Å²) in [7, 11) is 0.889. The van der Waals surface area contributed by atoms with E-state index >= 15 is 0 Å². The van der Waals surface area contributed by atoms with Gasteiger partial charge in [0.1, 0.15) is 5.76 Å². The fourth-order valence-electron chi connectivity index (χ4n) is 0.179. The van der Waals surface area contributed by atoms with Gasteiger partial charge in [0, 0.05) is 4.92 Å². The molecule has 4 nitrogen and oxygen atoms in total. The van der Waals surface area contributed by atoms with Gasteiger partial charge in [-0.05, 0) is 6.08 Å². The molecule has 0 aromatic heterocycles. The lowest BCUT2D eigenvalue weighted by Crippen LogP contribution is -1.79. The Hall–Kier alpha value is -1.58. The van der Waals surface area contributed by atoms with E-state index < -0.39 is 4.92 Å². The van der Waals surface area contributed by atoms with Crippen molar-refractivity contribution in [1.82, 2.24) is 0 Å². The molecule has 62 valence electrons. The molecule has 0 saturated carbocycles. The Morgan fingerprint density at radius 2 is 2.09 bits per heavy atom. The number of rotatable bonds is 2. The highest BCUT2D eigenvalue weighted by Gasteiger charge is 1.68. The second-order valence-corrected chi connectivity index (χ2v) is 1.53. The first-order valence-corrected chi connectivity index (χ1v) is 2.75. The topological polar surface area (TPSA) is 63.4 Å². The second kappa shape index (κ2) is 8.42. The number of allylic oxidation sites excluding steroid dienone is 3. The molecule has 0 bridgehead atoms. The summed E-state index contributed by atoms with van der Waals surface area (Å²) < 4.78 is 0. The van der Waals surface area contributed by atoms with E-state index in [2.05, 4.69) is 13.2 Å². The summed E-state index contributed by atoms with van der Waals surface area (Å²) in [5, 5.41) is 17.2. The maximum Gasteiger partial charge on any atom is 0.194 e. The smallest absolute Gasteiger partial charge is 0.194 e. The predicted octanol–water partition coefficient (Wildman–Crippen LogP) is 1.69. The van der Waals surface area contributed by atoms with Crippen LogP contribution in [0.15, 0.2) is 37.1 Å². The predicted molar refractivity (Wildman–Crippen MR) is 44.0 cm³/mol. The lowest BCUT2D eigenvalue weighted by Gasteiger charge is -1.77. The average molecular weight is 157 g/mol. The largest absolute Gasteiger partial charge is 0.509 e. The van der Waals surface area contributed by atoms with Gasteiger partial charge in [-0.15, -0.1) is 0 Å². The third kappa shape index (κ3) is 59.3. The van der Waals surface area contributed by atoms with Crippen LogP contribution in [0.2, 0.25) is 0 Å². The van der Waals surface area contributed by atoms with Crippen molar-refractivity contribution in [3.63, 3.8) is 0 Å². The molecule has 0 amide bonds. The molecule has 1 N–H and O–H groups in total. The van der Waals surface area contributed by atoms with Crippen molar-refractivity contribution in [3.05, 3.63) is 47.3 Å². The van der Waals surface area contributed by atoms with Crippen LogP contribution in [-0.4, -0.2) is 17.1 Å². The Kier molecular flexibility index (Phi) is 9.29. The van der Waals surface area contributed by atoms with Crippen molar-refractivity contribution in [2.45, 2.75) is 0 Å². The van der Waals surface area contributed by atoms with Gasteiger partial charge >= 0.3 is 0 Å². The quantitative estimate of drug-likeness (QED) is 0.287. The maximum atomic E-state index is 8.81. The van der Waals surface area contributed by atoms with Crippen LogP contribution in [0.25, 0.3) is 0 Å². The zero-order valence-electron chi connectivity index (χ0n) is 6.36. The molecule has 0 aliphatic rings. The van der Waals surface area contributed by atoms with Crippen molar-refractivity contribution in [1.29, 1.82) is 0 Å². The van der Waals surface area contributed by atoms with Gasteiger partial charge < -0.3 is 5.11 Å². The minimum absolute atomic E-state index is 0.0555. The van der Waals surface area contributed by atoms with Gasteiger partial charge in [0.05, 0.1) is 0 Å². The van der Waals surface area contributed by atoms with Gasteiger partial charge in [0.15, 0.2) is 7.05 Å². The van der Waals surface area contributed by atoms with Crippen molar-refractivity contribution in [2.24, 2.45) is 0 Å². The summed E-state index contributed by atoms with van der Waals surface area (Å²) in [5.41, 5.74) is 0. The summed E-state index contributed by atoms with van der Waals surface area (Å²) in [6.07, 6.45) is 4.65. The molecule has 0 aliphatic heterocycles. The van der Waals surface area contributed by atoms with E-state index in [1.165, 1.54) is 6.08 Å². The molecular weight excluding hydrogens is 146 g/mol. The SMILES string of the molecule is C=C/C=C\C(=C)O.C[N+](=O)[O-]. The lowest BCUT2D eigenvalue weighted by atomic mass is 10.4. The van der Waals surface area contributed by atoms with E-state index in [0.29, 0.717) is 0 Å². The van der Waals surface area contributed by atoms with Crippen LogP contribution in [0.1, 0.15) is 0 Å². The van der Waals surface area contributed by atoms with Gasteiger partial charge in [0.2, 0.25) is 0 Å². The normalized spacial score (nSPS) is 8.09. The summed E-state index contributed by atoms with van der Waals surface area (Å²) in [6, 6.07) is 0. The molecule has 0 rings (SSSR count). The average Bonchev–Trinajstić information content (AvgIpc) is 1.82. The van der Waals surface area contributed by atoms with E-state index in [-0.39, 0.29) is 5.76 Å². The highest BCUT2D eigenvalue weighted by molar-refractivity contribution is 5.10. The number of nitro groups is 1. The first-order valence-electron chi connectivity index (χ1n) is 2.75. The lowest BCUT2D eigenvalue weighted by molar-refractivity contribution is -0.445. The number of aliphatic hydroxyl groups excluding tert-OH is 1. The second-order valence-electron chi connectivity index (χ2n) is 1.53. The minimum Gasteiger partial charge on any atom is -0.509 e. The number of aliphatic hydroxyl groups is 1. The Morgan fingerprint density at radius 1 is 1.73 bits per heavy atom. The van der Waals surface area contributed by atoms with Crippen molar-refractivity contribution >= 4 is 0 Å². The van der Waals surface area contributed by atoms with Gasteiger partial charge in [-0.25, -0.2) is 0 Å². The summed E-state index contributed by atoms with van der Waals surface area (Å²) in [5.74, 6) is 0.0555. The van der Waals surface area contributed by atoms with E-state index in [4.69, 9.17) is 15.2 Å². The molecule has 0 heterocycles. The highest BCUT2D eigenvalue weighted by atomic mass is 16.6. The zero-order valence-corrected chi connectivity index (χ0v) is 6.36. The zero-order chi connectivity index (χ0) is 9.28. The fourth-order valence-corrected chi connectivity index (χ4v) is 0.179. The van der Waals surface area contributed by atoms with Crippen molar-refractivity contribution < 1.29 is 10.0 Å². The van der Waals surface area contributed by atoms with Gasteiger partial charge in [0.25, 0.3) is 0 Å². The molecule has 0 atom stereocenters. The molecule has 0 unspecified atom stereocenters. The molecule has 11 heavy (non-hydrogen) atoms. The van der Waals surface area contributed by atoms with Crippen LogP contribution < -0.4 is 0 Å². The molecule has 0 aromatic rings. The van der Waals surface area contributed by atoms with E-state index in [1.807, 2.05) is 0 Å². The molecule has 0 radical (unpaired) electrons. The number of hydrogen-bond donors (Lipinski definition) is 1. The molecule has 0 aromatic carbocycles. The Morgan fingerprint density at radius 3 is 2.18 bits per heavy atom. The Bertz CT molecular complexity index is 169. The summed E-state index contributed by atoms with van der Waals surface area (Å²) in [6.45, 7) is 6.61. The third-order valence-electron chi connectivity index (χ3n) is 0.425. The van der Waals surface area contributed by atoms with Crippen LogP contribution in [0.5, 0.6) is 0 Å². The molecular formula is C7H11NO3. The van der Waals surface area contributed by atoms with E-state index in [9.17, 15) is 0 Å². The van der Waals surface area contributed by atoms with Gasteiger partial charge in [-0.1, -0.05) is 25.3 Å². The summed E-state index contributed by atoms with van der Waals surface area (Å²) in [4.78, 5) is 8.31. The number of hydrogen-bond acceptors (Lipinski definition) is 3. The fraction of sp³-hybridized carbons (Fsp3) is 0.143. The Balaban J connectivity index is 0. The van der Waals surface area contributed by atoms with Crippen molar-refractivity contribution in [2.75, 3.05) is 7.05 Å². The van der Waals surface area contributed by atoms with Crippen LogP contribution in [0, 0.1) is 10.1 Å². The summed E-state index contributed by atoms with van der Waals surface area (Å²) >= 11 is 0. The molecule has 0 aliphatic carbocycles. The van der Waals surface area contributed by atoms with E-state index in [0.717, 1.165) is 7.05 Å². The van der Waals surface area contributed by atoms with E-state index in [1.54, 1.807) is 12.2 Å². The molecule has 0 spiro atoms. The third-order valence-corrected chi connectivity index (χ3v) is 0.425. The molecule has 4 heteroatoms. The monoisotopic (exact) mass is 157 g/mol. The van der Waals surface area contributed by atoms with Crippen LogP contribution >= 0.6 is 0 Å². The van der Waals surface area contributed by atoms with Gasteiger partial charge in [-0.3, -0.25) is 10.1 Å². The highest BCUT2D eigenvalue weighted by Crippen LogP contribution is 1.82. The first kappa shape index (κ1) is 12.1. The molecule has 0 fully saturated rings. The molecule has 0 saturated heterocycles. The van der Waals surface area contributed by atoms with Crippen LogP contribution in [0.4, 0.5) is 0 Å². The van der Waals surface area contributed by atoms with Crippen LogP contribution in [-0.2, 0) is 0 Å². The maximum absolute atomic E-state index is 8.81. The minimum atomic E-state index is -0.500. The number of nitrogens with zero attached hydrogens (tertiary/aromatic N) is 1.